The minimum atomic E-state index is -4.16. The highest BCUT2D eigenvalue weighted by atomic mass is 32.3. The molecule has 1 aromatic heterocycles. The first kappa shape index (κ1) is 20.9. The van der Waals surface area contributed by atoms with Gasteiger partial charge in [0.2, 0.25) is 0 Å². The highest BCUT2D eigenvalue weighted by Gasteiger charge is 2.02. The third-order valence-electron chi connectivity index (χ3n) is 1.27. The predicted octanol–water partition coefficient (Wildman–Crippen LogP) is -0.358. The van der Waals surface area contributed by atoms with E-state index in [2.05, 4.69) is 13.9 Å². The van der Waals surface area contributed by atoms with Crippen molar-refractivity contribution < 1.29 is 40.0 Å². The summed E-state index contributed by atoms with van der Waals surface area (Å²) in [7, 11) is -1.96. The summed E-state index contributed by atoms with van der Waals surface area (Å²) in [4.78, 5) is 14.5. The molecule has 1 aromatic rings. The summed E-state index contributed by atoms with van der Waals surface area (Å²) in [6.07, 6.45) is 1.55. The first-order chi connectivity index (χ1) is 9.14. The Bertz CT molecular complexity index is 498. The molecule has 1 atom stereocenters. The molecule has 0 aliphatic rings. The molecule has 0 aliphatic heterocycles. The summed E-state index contributed by atoms with van der Waals surface area (Å²) in [5.74, 6) is -0.402. The van der Waals surface area contributed by atoms with Gasteiger partial charge in [0.15, 0.2) is 0 Å². The molecule has 1 rings (SSSR count). The van der Waals surface area contributed by atoms with Gasteiger partial charge >= 0.3 is 16.4 Å². The largest absolute Gasteiger partial charge is 0.750 e. The zero-order chi connectivity index (χ0) is 16.2. The topological polar surface area (TPSA) is 163 Å². The van der Waals surface area contributed by atoms with E-state index in [-0.39, 0.29) is 0 Å². The Morgan fingerprint density at radius 2 is 1.85 bits per heavy atom. The summed E-state index contributed by atoms with van der Waals surface area (Å²) in [5.41, 5.74) is 0.338. The molecule has 0 aliphatic carbocycles. The van der Waals surface area contributed by atoms with E-state index >= 15 is 0 Å². The molecule has 20 heavy (non-hydrogen) atoms. The number of esters is 1. The fraction of sp³-hybridized carbons (Fsp3) is 0.250. The third kappa shape index (κ3) is 16.6. The number of rotatable bonds is 2. The summed E-state index contributed by atoms with van der Waals surface area (Å²) in [5, 5.41) is 0. The number of aromatic nitrogens is 1. The van der Waals surface area contributed by atoms with Crippen molar-refractivity contribution >= 4 is 27.7 Å². The lowest BCUT2D eigenvalue weighted by molar-refractivity contribution is 0.0594. The van der Waals surface area contributed by atoms with E-state index in [1.54, 1.807) is 24.4 Å². The first-order valence-electron chi connectivity index (χ1n) is 4.44. The van der Waals surface area contributed by atoms with Gasteiger partial charge in [-0.05, 0) is 12.1 Å². The molecule has 1 heterocycles. The average Bonchev–Trinajstić information content (AvgIpc) is 2.38. The van der Waals surface area contributed by atoms with E-state index in [1.165, 1.54) is 7.11 Å². The summed E-state index contributed by atoms with van der Waals surface area (Å²) in [6, 6.07) is 5.08. The molecule has 0 radical (unpaired) electrons. The van der Waals surface area contributed by atoms with Crippen LogP contribution in [-0.2, 0) is 30.7 Å². The third-order valence-corrected chi connectivity index (χ3v) is 1.69. The fourth-order valence-electron chi connectivity index (χ4n) is 0.588. The minimum Gasteiger partial charge on any atom is -0.750 e. The van der Waals surface area contributed by atoms with Crippen molar-refractivity contribution in [2.24, 2.45) is 0 Å². The Balaban J connectivity index is 0. The van der Waals surface area contributed by atoms with Gasteiger partial charge in [-0.2, -0.15) is 8.42 Å². The molecule has 116 valence electrons. The predicted molar refractivity (Wildman–Crippen MR) is 65.7 cm³/mol. The molecule has 0 fully saturated rings. The molecule has 0 bridgehead atoms. The molecule has 0 aromatic carbocycles. The van der Waals surface area contributed by atoms with Crippen LogP contribution in [0.4, 0.5) is 0 Å². The van der Waals surface area contributed by atoms with Crippen LogP contribution in [0.5, 0.6) is 0 Å². The lowest BCUT2D eigenvalue weighted by atomic mass is 10.4. The van der Waals surface area contributed by atoms with Crippen molar-refractivity contribution in [1.82, 2.24) is 4.98 Å². The van der Waals surface area contributed by atoms with Crippen molar-refractivity contribution in [3.63, 3.8) is 0 Å². The van der Waals surface area contributed by atoms with Crippen molar-refractivity contribution in [3.8, 4) is 0 Å². The summed E-state index contributed by atoms with van der Waals surface area (Å²) in [6.45, 7) is 0. The zero-order valence-corrected chi connectivity index (χ0v) is 12.0. The van der Waals surface area contributed by atoms with E-state index in [1.807, 2.05) is 0 Å². The van der Waals surface area contributed by atoms with E-state index in [4.69, 9.17) is 17.9 Å². The van der Waals surface area contributed by atoms with Crippen LogP contribution in [0.1, 0.15) is 10.5 Å². The molecular weight excluding hydrogens is 318 g/mol. The van der Waals surface area contributed by atoms with Crippen LogP contribution in [0.3, 0.4) is 0 Å². The molecule has 12 heteroatoms. The van der Waals surface area contributed by atoms with E-state index < -0.39 is 27.7 Å². The molecule has 0 saturated carbocycles. The SMILES string of the molecule is COC(=O)c1ccccn1.COS(=O)(=O)O.O=S([O-])O. The smallest absolute Gasteiger partial charge is 0.397 e. The van der Waals surface area contributed by atoms with E-state index in [9.17, 15) is 13.2 Å². The number of pyridine rings is 1. The maximum atomic E-state index is 10.7. The number of nitrogens with zero attached hydrogens (tertiary/aromatic N) is 1. The first-order valence-corrected chi connectivity index (χ1v) is 6.84. The van der Waals surface area contributed by atoms with Gasteiger partial charge in [-0.25, -0.2) is 14.0 Å². The van der Waals surface area contributed by atoms with Crippen LogP contribution < -0.4 is 0 Å². The normalized spacial score (nSPS) is 11.1. The van der Waals surface area contributed by atoms with Gasteiger partial charge in [-0.1, -0.05) is 6.07 Å². The number of ether oxygens (including phenoxy) is 1. The van der Waals surface area contributed by atoms with E-state index in [0.29, 0.717) is 5.69 Å². The average molecular weight is 330 g/mol. The van der Waals surface area contributed by atoms with Crippen molar-refractivity contribution in [1.29, 1.82) is 0 Å². The lowest BCUT2D eigenvalue weighted by Gasteiger charge is -1.94. The fourth-order valence-corrected chi connectivity index (χ4v) is 0.588. The standard InChI is InChI=1S/C7H7NO2.CH4O4S.H2O3S/c1-10-7(9)6-4-2-3-5-8-6;1-5-6(2,3)4;1-4(2)3/h2-5H,1H3;1H3,(H,2,3,4);(H2,1,2,3)/p-1. The van der Waals surface area contributed by atoms with Crippen LogP contribution >= 0.6 is 0 Å². The monoisotopic (exact) mass is 330 g/mol. The summed E-state index contributed by atoms with van der Waals surface area (Å²) >= 11 is -2.86. The lowest BCUT2D eigenvalue weighted by Crippen LogP contribution is -2.02. The van der Waals surface area contributed by atoms with E-state index in [0.717, 1.165) is 7.11 Å². The number of methoxy groups -OCH3 is 1. The number of carbonyl (C=O) groups is 1. The Morgan fingerprint density at radius 1 is 1.40 bits per heavy atom. The van der Waals surface area contributed by atoms with Gasteiger partial charge in [0, 0.05) is 6.20 Å². The minimum absolute atomic E-state index is 0.338. The zero-order valence-electron chi connectivity index (χ0n) is 10.3. The molecule has 10 nitrogen and oxygen atoms in total. The second-order valence-corrected chi connectivity index (χ2v) is 4.14. The number of carbonyl (C=O) groups excluding carboxylic acids is 1. The molecule has 0 saturated heterocycles. The Labute approximate surface area is 117 Å². The van der Waals surface area contributed by atoms with Crippen molar-refractivity contribution in [2.45, 2.75) is 0 Å². The quantitative estimate of drug-likeness (QED) is 0.415. The second kappa shape index (κ2) is 11.4. The molecule has 0 amide bonds. The van der Waals surface area contributed by atoms with Crippen LogP contribution in [0, 0.1) is 0 Å². The number of hydrogen-bond acceptors (Lipinski definition) is 8. The Hall–Kier alpha value is -1.44. The maximum absolute atomic E-state index is 10.7. The molecule has 2 N–H and O–H groups in total. The number of hydrogen-bond donors (Lipinski definition) is 2. The van der Waals surface area contributed by atoms with Crippen molar-refractivity contribution in [3.05, 3.63) is 30.1 Å². The van der Waals surface area contributed by atoms with Crippen molar-refractivity contribution in [2.75, 3.05) is 14.2 Å². The van der Waals surface area contributed by atoms with Gasteiger partial charge in [0.05, 0.1) is 25.6 Å². The van der Waals surface area contributed by atoms with Gasteiger partial charge in [0.1, 0.15) is 5.69 Å². The van der Waals surface area contributed by atoms with Gasteiger partial charge in [0.25, 0.3) is 0 Å². The van der Waals surface area contributed by atoms with Gasteiger partial charge in [-0.3, -0.25) is 8.74 Å². The second-order valence-electron chi connectivity index (χ2n) is 2.52. The van der Waals surface area contributed by atoms with Crippen LogP contribution in [0.2, 0.25) is 0 Å². The highest BCUT2D eigenvalue weighted by molar-refractivity contribution is 7.80. The molecular formula is C8H12NO9S2-. The van der Waals surface area contributed by atoms with Crippen LogP contribution in [-0.4, -0.2) is 51.5 Å². The maximum Gasteiger partial charge on any atom is 0.397 e. The van der Waals surface area contributed by atoms with Crippen LogP contribution in [0.15, 0.2) is 24.4 Å². The summed E-state index contributed by atoms with van der Waals surface area (Å²) < 4.78 is 58.2. The molecule has 1 unspecified atom stereocenters. The highest BCUT2D eigenvalue weighted by Crippen LogP contribution is 1.93. The van der Waals surface area contributed by atoms with Gasteiger partial charge in [-0.15, -0.1) is 0 Å². The Kier molecular flexibility index (Phi) is 11.9. The Morgan fingerprint density at radius 3 is 2.10 bits per heavy atom. The van der Waals surface area contributed by atoms with Crippen LogP contribution in [0.25, 0.3) is 0 Å². The molecule has 0 spiro atoms. The van der Waals surface area contributed by atoms with Gasteiger partial charge < -0.3 is 13.8 Å².